The van der Waals surface area contributed by atoms with Crippen LogP contribution in [0.2, 0.25) is 5.02 Å². The van der Waals surface area contributed by atoms with Gasteiger partial charge in [0, 0.05) is 6.54 Å². The molecule has 1 N–H and O–H groups in total. The number of hydrogen-bond donors (Lipinski definition) is 1. The van der Waals surface area contributed by atoms with Crippen LogP contribution < -0.4 is 18.9 Å². The van der Waals surface area contributed by atoms with Gasteiger partial charge in [-0.2, -0.15) is 0 Å². The Morgan fingerprint density at radius 1 is 1.00 bits per heavy atom. The van der Waals surface area contributed by atoms with Crippen LogP contribution in [0.4, 0.5) is 0 Å². The van der Waals surface area contributed by atoms with Gasteiger partial charge in [-0.15, -0.1) is 0 Å². The normalized spacial score (nSPS) is 11.2. The number of sulfonamides is 1. The molecular weight excluding hydrogens is 378 g/mol. The second kappa shape index (κ2) is 9.12. The van der Waals surface area contributed by atoms with Gasteiger partial charge < -0.3 is 14.2 Å². The molecule has 0 bridgehead atoms. The summed E-state index contributed by atoms with van der Waals surface area (Å²) in [6.07, 6.45) is 0.504. The SMILES string of the molecule is CCOc1ccc(S(=O)(=O)NCCc2ccc(OC)c(OC)c2)cc1Cl. The Morgan fingerprint density at radius 2 is 1.69 bits per heavy atom. The van der Waals surface area contributed by atoms with E-state index >= 15 is 0 Å². The van der Waals surface area contributed by atoms with Crippen molar-refractivity contribution in [3.8, 4) is 17.2 Å². The van der Waals surface area contributed by atoms with Gasteiger partial charge in [0.1, 0.15) is 5.75 Å². The van der Waals surface area contributed by atoms with Crippen molar-refractivity contribution in [1.29, 1.82) is 0 Å². The number of benzene rings is 2. The lowest BCUT2D eigenvalue weighted by atomic mass is 10.1. The lowest BCUT2D eigenvalue weighted by Gasteiger charge is -2.11. The molecule has 6 nitrogen and oxygen atoms in total. The standard InChI is InChI=1S/C18H22ClNO5S/c1-4-25-16-8-6-14(12-15(16)19)26(21,22)20-10-9-13-5-7-17(23-2)18(11-13)24-3/h5-8,11-12,20H,4,9-10H2,1-3H3. The molecule has 142 valence electrons. The van der Waals surface area contributed by atoms with E-state index in [1.54, 1.807) is 26.4 Å². The van der Waals surface area contributed by atoms with Crippen LogP contribution in [-0.4, -0.2) is 35.8 Å². The summed E-state index contributed by atoms with van der Waals surface area (Å²) in [6.45, 7) is 2.52. The molecule has 0 aliphatic carbocycles. The third-order valence-corrected chi connectivity index (χ3v) is 5.42. The molecule has 0 aromatic heterocycles. The monoisotopic (exact) mass is 399 g/mol. The smallest absolute Gasteiger partial charge is 0.240 e. The summed E-state index contributed by atoms with van der Waals surface area (Å²) in [5, 5.41) is 0.259. The van der Waals surface area contributed by atoms with E-state index in [9.17, 15) is 8.42 Å². The fourth-order valence-electron chi connectivity index (χ4n) is 2.37. The van der Waals surface area contributed by atoms with Crippen LogP contribution >= 0.6 is 11.6 Å². The predicted octanol–water partition coefficient (Wildman–Crippen LogP) is 3.28. The molecule has 0 spiro atoms. The van der Waals surface area contributed by atoms with Gasteiger partial charge in [-0.25, -0.2) is 13.1 Å². The Morgan fingerprint density at radius 3 is 2.31 bits per heavy atom. The van der Waals surface area contributed by atoms with E-state index in [2.05, 4.69) is 4.72 Å². The van der Waals surface area contributed by atoms with E-state index < -0.39 is 10.0 Å². The molecular formula is C18H22ClNO5S. The zero-order chi connectivity index (χ0) is 19.2. The first-order chi connectivity index (χ1) is 12.4. The molecule has 2 aromatic carbocycles. The maximum Gasteiger partial charge on any atom is 0.240 e. The second-order valence-corrected chi connectivity index (χ2v) is 7.54. The summed E-state index contributed by atoms with van der Waals surface area (Å²) in [4.78, 5) is 0.0956. The van der Waals surface area contributed by atoms with Crippen LogP contribution in [-0.2, 0) is 16.4 Å². The summed E-state index contributed by atoms with van der Waals surface area (Å²) in [7, 11) is -0.540. The van der Waals surface area contributed by atoms with Crippen LogP contribution in [0.1, 0.15) is 12.5 Å². The van der Waals surface area contributed by atoms with Crippen molar-refractivity contribution in [1.82, 2.24) is 4.72 Å². The zero-order valence-corrected chi connectivity index (χ0v) is 16.5. The van der Waals surface area contributed by atoms with E-state index in [1.807, 2.05) is 19.1 Å². The minimum Gasteiger partial charge on any atom is -0.493 e. The number of halogens is 1. The molecule has 2 rings (SSSR count). The van der Waals surface area contributed by atoms with Gasteiger partial charge in [0.05, 0.1) is 30.7 Å². The van der Waals surface area contributed by atoms with Crippen LogP contribution in [0.15, 0.2) is 41.3 Å². The van der Waals surface area contributed by atoms with E-state index in [0.717, 1.165) is 5.56 Å². The van der Waals surface area contributed by atoms with Gasteiger partial charge in [-0.3, -0.25) is 0 Å². The van der Waals surface area contributed by atoms with Gasteiger partial charge in [0.2, 0.25) is 10.0 Å². The highest BCUT2D eigenvalue weighted by molar-refractivity contribution is 7.89. The molecule has 0 atom stereocenters. The summed E-state index contributed by atoms with van der Waals surface area (Å²) in [5.41, 5.74) is 0.926. The highest BCUT2D eigenvalue weighted by Gasteiger charge is 2.16. The van der Waals surface area contributed by atoms with E-state index in [0.29, 0.717) is 30.3 Å². The molecule has 0 radical (unpaired) electrons. The fraction of sp³-hybridized carbons (Fsp3) is 0.333. The number of hydrogen-bond acceptors (Lipinski definition) is 5. The molecule has 0 fully saturated rings. The van der Waals surface area contributed by atoms with Gasteiger partial charge in [0.25, 0.3) is 0 Å². The summed E-state index contributed by atoms with van der Waals surface area (Å²) in [5.74, 6) is 1.69. The van der Waals surface area contributed by atoms with Gasteiger partial charge >= 0.3 is 0 Å². The third-order valence-electron chi connectivity index (χ3n) is 3.67. The van der Waals surface area contributed by atoms with Crippen molar-refractivity contribution < 1.29 is 22.6 Å². The Bertz CT molecular complexity index is 855. The Balaban J connectivity index is 2.03. The van der Waals surface area contributed by atoms with Gasteiger partial charge in [-0.05, 0) is 49.2 Å². The largest absolute Gasteiger partial charge is 0.493 e. The fourth-order valence-corrected chi connectivity index (χ4v) is 3.73. The predicted molar refractivity (Wildman–Crippen MR) is 101 cm³/mol. The van der Waals surface area contributed by atoms with Crippen LogP contribution in [0.5, 0.6) is 17.2 Å². The lowest BCUT2D eigenvalue weighted by molar-refractivity contribution is 0.340. The molecule has 8 heteroatoms. The Labute approximate surface area is 159 Å². The summed E-state index contributed by atoms with van der Waals surface area (Å²) >= 11 is 6.06. The van der Waals surface area contributed by atoms with Crippen LogP contribution in [0.25, 0.3) is 0 Å². The van der Waals surface area contributed by atoms with E-state index in [4.69, 9.17) is 25.8 Å². The molecule has 0 unspecified atom stereocenters. The van der Waals surface area contributed by atoms with Gasteiger partial charge in [-0.1, -0.05) is 17.7 Å². The van der Waals surface area contributed by atoms with Crippen molar-refractivity contribution >= 4 is 21.6 Å². The van der Waals surface area contributed by atoms with Crippen molar-refractivity contribution in [2.24, 2.45) is 0 Å². The first-order valence-corrected chi connectivity index (χ1v) is 9.90. The number of methoxy groups -OCH3 is 2. The topological polar surface area (TPSA) is 73.9 Å². The molecule has 0 saturated heterocycles. The molecule has 0 aliphatic rings. The maximum absolute atomic E-state index is 12.4. The second-order valence-electron chi connectivity index (χ2n) is 5.36. The number of ether oxygens (including phenoxy) is 3. The average Bonchev–Trinajstić information content (AvgIpc) is 2.63. The first-order valence-electron chi connectivity index (χ1n) is 8.04. The van der Waals surface area contributed by atoms with Crippen molar-refractivity contribution in [2.45, 2.75) is 18.2 Å². The van der Waals surface area contributed by atoms with Crippen LogP contribution in [0.3, 0.4) is 0 Å². The minimum absolute atomic E-state index is 0.0956. The Hall–Kier alpha value is -1.96. The van der Waals surface area contributed by atoms with Crippen molar-refractivity contribution in [2.75, 3.05) is 27.4 Å². The molecule has 0 saturated carbocycles. The van der Waals surface area contributed by atoms with E-state index in [-0.39, 0.29) is 16.5 Å². The zero-order valence-electron chi connectivity index (χ0n) is 14.9. The molecule has 26 heavy (non-hydrogen) atoms. The highest BCUT2D eigenvalue weighted by Crippen LogP contribution is 2.28. The summed E-state index contributed by atoms with van der Waals surface area (Å²) < 4.78 is 43.1. The van der Waals surface area contributed by atoms with Crippen molar-refractivity contribution in [3.63, 3.8) is 0 Å². The first kappa shape index (κ1) is 20.4. The highest BCUT2D eigenvalue weighted by atomic mass is 35.5. The maximum atomic E-state index is 12.4. The number of nitrogens with one attached hydrogen (secondary N) is 1. The van der Waals surface area contributed by atoms with Crippen molar-refractivity contribution in [3.05, 3.63) is 47.0 Å². The molecule has 2 aromatic rings. The minimum atomic E-state index is -3.66. The quantitative estimate of drug-likeness (QED) is 0.700. The third kappa shape index (κ3) is 5.03. The molecule has 0 heterocycles. The van der Waals surface area contributed by atoms with Gasteiger partial charge in [0.15, 0.2) is 11.5 Å². The summed E-state index contributed by atoms with van der Waals surface area (Å²) in [6, 6.07) is 9.87. The average molecular weight is 400 g/mol. The molecule has 0 amide bonds. The number of rotatable bonds is 9. The Kier molecular flexibility index (Phi) is 7.14. The van der Waals surface area contributed by atoms with Crippen LogP contribution in [0, 0.1) is 0 Å². The molecule has 0 aliphatic heterocycles. The van der Waals surface area contributed by atoms with E-state index in [1.165, 1.54) is 12.1 Å². The lowest BCUT2D eigenvalue weighted by Crippen LogP contribution is -2.26.